The molecular formula is C12H14N6O3. The molecular weight excluding hydrogens is 276 g/mol. The highest BCUT2D eigenvalue weighted by Gasteiger charge is 2.20. The van der Waals surface area contributed by atoms with E-state index in [0.717, 1.165) is 4.90 Å². The monoisotopic (exact) mass is 290 g/mol. The van der Waals surface area contributed by atoms with Crippen molar-refractivity contribution in [2.45, 2.75) is 0 Å². The molecule has 1 fully saturated rings. The Balaban J connectivity index is 0.000000161. The molecule has 2 amide bonds. The quantitative estimate of drug-likeness (QED) is 0.635. The molecule has 9 nitrogen and oxygen atoms in total. The van der Waals surface area contributed by atoms with Gasteiger partial charge in [-0.2, -0.15) is 0 Å². The van der Waals surface area contributed by atoms with Crippen LogP contribution in [0.4, 0.5) is 4.79 Å². The van der Waals surface area contributed by atoms with Crippen LogP contribution in [0.15, 0.2) is 37.4 Å². The van der Waals surface area contributed by atoms with E-state index in [4.69, 9.17) is 0 Å². The lowest BCUT2D eigenvalue weighted by Crippen LogP contribution is -2.49. The minimum Gasteiger partial charge on any atom is -0.300 e. The molecule has 9 heteroatoms. The second kappa shape index (κ2) is 6.57. The zero-order valence-corrected chi connectivity index (χ0v) is 11.3. The molecule has 1 N–H and O–H groups in total. The Labute approximate surface area is 120 Å². The number of aromatic nitrogens is 4. The fourth-order valence-electron chi connectivity index (χ4n) is 1.53. The van der Waals surface area contributed by atoms with Crippen LogP contribution in [0.3, 0.4) is 0 Å². The maximum Gasteiger partial charge on any atom is 0.338 e. The summed E-state index contributed by atoms with van der Waals surface area (Å²) in [6.45, 7) is 0.560. The lowest BCUT2D eigenvalue weighted by molar-refractivity contribution is -0.144. The van der Waals surface area contributed by atoms with Crippen LogP contribution in [0, 0.1) is 0 Å². The van der Waals surface area contributed by atoms with Gasteiger partial charge in [-0.25, -0.2) is 14.8 Å². The number of nitrogens with zero attached hydrogens (tertiary/aromatic N) is 5. The van der Waals surface area contributed by atoms with Crippen LogP contribution in [-0.2, 0) is 9.59 Å². The molecule has 1 aliphatic rings. The van der Waals surface area contributed by atoms with E-state index < -0.39 is 0 Å². The van der Waals surface area contributed by atoms with Gasteiger partial charge >= 0.3 is 6.03 Å². The van der Waals surface area contributed by atoms with Gasteiger partial charge in [-0.15, -0.1) is 0 Å². The van der Waals surface area contributed by atoms with Crippen LogP contribution in [0.25, 0.3) is 0 Å². The Morgan fingerprint density at radius 2 is 1.52 bits per heavy atom. The summed E-state index contributed by atoms with van der Waals surface area (Å²) in [6, 6.07) is -0.190. The van der Waals surface area contributed by atoms with Crippen LogP contribution >= 0.6 is 0 Å². The number of nitrogens with one attached hydrogen (secondary N) is 1. The summed E-state index contributed by atoms with van der Waals surface area (Å²) < 4.78 is 2.75. The maximum absolute atomic E-state index is 11.4. The molecule has 0 aliphatic carbocycles. The highest BCUT2D eigenvalue weighted by atomic mass is 16.2. The van der Waals surface area contributed by atoms with Crippen molar-refractivity contribution >= 4 is 17.8 Å². The predicted molar refractivity (Wildman–Crippen MR) is 71.3 cm³/mol. The van der Waals surface area contributed by atoms with Crippen LogP contribution in [0.1, 0.15) is 0 Å². The summed E-state index contributed by atoms with van der Waals surface area (Å²) in [5.74, 6) is -0.322. The normalized spacial score (nSPS) is 14.6. The SMILES string of the molecule is CN1C(=O)CNCC1=O.O=C(n1ccnc1)n1ccnc1. The lowest BCUT2D eigenvalue weighted by Gasteiger charge is -2.20. The number of imide groups is 1. The Bertz CT molecular complexity index is 567. The van der Waals surface area contributed by atoms with Gasteiger partial charge in [0.1, 0.15) is 12.7 Å². The van der Waals surface area contributed by atoms with Crippen LogP contribution in [0.2, 0.25) is 0 Å². The topological polar surface area (TPSA) is 102 Å². The number of hydrogen-bond acceptors (Lipinski definition) is 6. The number of carbonyl (C=O) groups excluding carboxylic acids is 3. The number of amides is 2. The second-order valence-electron chi connectivity index (χ2n) is 4.17. The van der Waals surface area contributed by atoms with Gasteiger partial charge in [0, 0.05) is 31.8 Å². The van der Waals surface area contributed by atoms with Gasteiger partial charge < -0.3 is 0 Å². The van der Waals surface area contributed by atoms with Crippen molar-refractivity contribution < 1.29 is 14.4 Å². The number of carbonyl (C=O) groups is 3. The third-order valence-corrected chi connectivity index (χ3v) is 2.75. The third kappa shape index (κ3) is 3.60. The molecule has 0 saturated carbocycles. The third-order valence-electron chi connectivity index (χ3n) is 2.75. The molecule has 1 aliphatic heterocycles. The van der Waals surface area contributed by atoms with E-state index in [1.54, 1.807) is 24.8 Å². The molecule has 0 unspecified atom stereocenters. The molecule has 1 saturated heterocycles. The Morgan fingerprint density at radius 3 is 1.86 bits per heavy atom. The summed E-state index contributed by atoms with van der Waals surface area (Å²) in [4.78, 5) is 41.4. The van der Waals surface area contributed by atoms with Crippen molar-refractivity contribution in [1.82, 2.24) is 29.3 Å². The molecule has 0 spiro atoms. The molecule has 2 aromatic rings. The highest BCUT2D eigenvalue weighted by molar-refractivity contribution is 5.99. The molecule has 0 radical (unpaired) electrons. The molecule has 3 rings (SSSR count). The highest BCUT2D eigenvalue weighted by Crippen LogP contribution is 1.92. The van der Waals surface area contributed by atoms with E-state index in [-0.39, 0.29) is 30.9 Å². The van der Waals surface area contributed by atoms with Crippen molar-refractivity contribution in [1.29, 1.82) is 0 Å². The molecule has 2 aromatic heterocycles. The summed E-state index contributed by atoms with van der Waals surface area (Å²) in [5, 5.41) is 2.67. The smallest absolute Gasteiger partial charge is 0.300 e. The van der Waals surface area contributed by atoms with Gasteiger partial charge in [0.15, 0.2) is 0 Å². The predicted octanol–water partition coefficient (Wildman–Crippen LogP) is -0.829. The summed E-state index contributed by atoms with van der Waals surface area (Å²) in [6.07, 6.45) is 9.17. The molecule has 0 atom stereocenters. The molecule has 3 heterocycles. The average molecular weight is 290 g/mol. The van der Waals surface area contributed by atoms with Gasteiger partial charge in [-0.1, -0.05) is 0 Å². The first-order valence-corrected chi connectivity index (χ1v) is 6.10. The van der Waals surface area contributed by atoms with Crippen molar-refractivity contribution in [3.8, 4) is 0 Å². The zero-order chi connectivity index (χ0) is 15.2. The van der Waals surface area contributed by atoms with Gasteiger partial charge in [0.2, 0.25) is 11.8 Å². The van der Waals surface area contributed by atoms with Crippen molar-refractivity contribution in [3.63, 3.8) is 0 Å². The first-order valence-electron chi connectivity index (χ1n) is 6.10. The maximum atomic E-state index is 11.4. The van der Waals surface area contributed by atoms with Crippen molar-refractivity contribution in [3.05, 3.63) is 37.4 Å². The molecule has 110 valence electrons. The van der Waals surface area contributed by atoms with Crippen molar-refractivity contribution in [2.75, 3.05) is 20.1 Å². The van der Waals surface area contributed by atoms with E-state index in [1.807, 2.05) is 0 Å². The second-order valence-corrected chi connectivity index (χ2v) is 4.17. The van der Waals surface area contributed by atoms with E-state index in [9.17, 15) is 14.4 Å². The Kier molecular flexibility index (Phi) is 4.57. The first-order chi connectivity index (χ1) is 10.1. The average Bonchev–Trinajstić information content (AvgIpc) is 3.17. The summed E-state index contributed by atoms with van der Waals surface area (Å²) in [7, 11) is 1.49. The van der Waals surface area contributed by atoms with Crippen molar-refractivity contribution in [2.24, 2.45) is 0 Å². The fraction of sp³-hybridized carbons (Fsp3) is 0.250. The fourth-order valence-corrected chi connectivity index (χ4v) is 1.53. The van der Waals surface area contributed by atoms with Gasteiger partial charge in [0.25, 0.3) is 0 Å². The van der Waals surface area contributed by atoms with E-state index in [0.29, 0.717) is 0 Å². The number of likely N-dealkylation sites (N-methyl/N-ethyl adjacent to an activating group) is 1. The van der Waals surface area contributed by atoms with Gasteiger partial charge in [0.05, 0.1) is 13.1 Å². The van der Waals surface area contributed by atoms with Gasteiger partial charge in [-0.3, -0.25) is 28.9 Å². The van der Waals surface area contributed by atoms with E-state index in [1.165, 1.54) is 28.8 Å². The van der Waals surface area contributed by atoms with Crippen LogP contribution < -0.4 is 5.32 Å². The zero-order valence-electron chi connectivity index (χ0n) is 11.3. The van der Waals surface area contributed by atoms with Gasteiger partial charge in [-0.05, 0) is 0 Å². The summed E-state index contributed by atoms with van der Waals surface area (Å²) >= 11 is 0. The standard InChI is InChI=1S/C7H6N4O.C5H8N2O2/c12-7(10-3-1-8-5-10)11-4-2-9-6-11;1-7-4(8)2-6-3-5(7)9/h1-6H;6H,2-3H2,1H3. The molecule has 0 bridgehead atoms. The largest absolute Gasteiger partial charge is 0.338 e. The first kappa shape index (κ1) is 14.6. The van der Waals surface area contributed by atoms with Crippen LogP contribution in [-0.4, -0.2) is 62.0 Å². The van der Waals surface area contributed by atoms with Crippen LogP contribution in [0.5, 0.6) is 0 Å². The molecule has 0 aromatic carbocycles. The number of hydrogen-bond donors (Lipinski definition) is 1. The number of piperazine rings is 1. The Hall–Kier alpha value is -2.81. The summed E-state index contributed by atoms with van der Waals surface area (Å²) in [5.41, 5.74) is 0. The molecule has 21 heavy (non-hydrogen) atoms. The van der Waals surface area contributed by atoms with E-state index >= 15 is 0 Å². The number of rotatable bonds is 0. The minimum absolute atomic E-state index is 0.161. The lowest BCUT2D eigenvalue weighted by atomic mass is 10.4. The van der Waals surface area contributed by atoms with E-state index in [2.05, 4.69) is 15.3 Å². The number of imidazole rings is 2. The minimum atomic E-state index is -0.190. The Morgan fingerprint density at radius 1 is 1.05 bits per heavy atom.